The van der Waals surface area contributed by atoms with Crippen LogP contribution in [0.15, 0.2) is 36.4 Å². The Kier molecular flexibility index (Phi) is 5.47. The monoisotopic (exact) mass is 231 g/mol. The third-order valence-corrected chi connectivity index (χ3v) is 2.93. The summed E-state index contributed by atoms with van der Waals surface area (Å²) < 4.78 is 0. The lowest BCUT2D eigenvalue weighted by Crippen LogP contribution is -2.29. The van der Waals surface area contributed by atoms with Gasteiger partial charge in [0.1, 0.15) is 0 Å². The van der Waals surface area contributed by atoms with Gasteiger partial charge in [0.05, 0.1) is 0 Å². The van der Waals surface area contributed by atoms with Gasteiger partial charge in [-0.2, -0.15) is 0 Å². The average molecular weight is 231 g/mol. The molecule has 0 aliphatic carbocycles. The molecule has 0 spiro atoms. The summed E-state index contributed by atoms with van der Waals surface area (Å²) in [6, 6.07) is 10.1. The summed E-state index contributed by atoms with van der Waals surface area (Å²) >= 11 is 0. The van der Waals surface area contributed by atoms with Crippen LogP contribution in [0.2, 0.25) is 0 Å². The van der Waals surface area contributed by atoms with Gasteiger partial charge in [-0.05, 0) is 31.9 Å². The highest BCUT2D eigenvalue weighted by atomic mass is 16.2. The number of amides is 1. The van der Waals surface area contributed by atoms with Crippen LogP contribution in [0.4, 0.5) is 0 Å². The van der Waals surface area contributed by atoms with E-state index in [0.29, 0.717) is 6.42 Å². The predicted molar refractivity (Wildman–Crippen MR) is 72.6 cm³/mol. The maximum atomic E-state index is 11.8. The van der Waals surface area contributed by atoms with Crippen molar-refractivity contribution >= 4 is 11.5 Å². The number of rotatable bonds is 5. The Morgan fingerprint density at radius 3 is 2.29 bits per heavy atom. The fraction of sp³-hybridized carbons (Fsp3) is 0.400. The maximum Gasteiger partial charge on any atom is 0.226 e. The lowest BCUT2D eigenvalue weighted by atomic mass is 10.1. The van der Waals surface area contributed by atoms with Crippen LogP contribution in [0.5, 0.6) is 0 Å². The van der Waals surface area contributed by atoms with Crippen molar-refractivity contribution in [3.8, 4) is 0 Å². The van der Waals surface area contributed by atoms with E-state index in [4.69, 9.17) is 0 Å². The van der Waals surface area contributed by atoms with E-state index in [9.17, 15) is 4.79 Å². The number of allylic oxidation sites excluding steroid dienone is 1. The molecular weight excluding hydrogens is 210 g/mol. The highest BCUT2D eigenvalue weighted by molar-refractivity contribution is 5.80. The first-order valence-corrected chi connectivity index (χ1v) is 6.19. The Morgan fingerprint density at radius 2 is 1.76 bits per heavy atom. The third-order valence-electron chi connectivity index (χ3n) is 2.93. The van der Waals surface area contributed by atoms with E-state index >= 15 is 0 Å². The van der Waals surface area contributed by atoms with Gasteiger partial charge in [0, 0.05) is 19.5 Å². The Bertz CT molecular complexity index is 377. The first kappa shape index (κ1) is 13.5. The Morgan fingerprint density at radius 1 is 1.18 bits per heavy atom. The highest BCUT2D eigenvalue weighted by Crippen LogP contribution is 2.13. The van der Waals surface area contributed by atoms with E-state index in [0.717, 1.165) is 18.7 Å². The summed E-state index contributed by atoms with van der Waals surface area (Å²) in [5.74, 6) is 0.199. The highest BCUT2D eigenvalue weighted by Gasteiger charge is 2.07. The van der Waals surface area contributed by atoms with Crippen molar-refractivity contribution in [1.82, 2.24) is 4.90 Å². The molecular formula is C15H21NO. The minimum atomic E-state index is 0.199. The first-order chi connectivity index (χ1) is 8.19. The summed E-state index contributed by atoms with van der Waals surface area (Å²) in [6.45, 7) is 7.64. The minimum Gasteiger partial charge on any atom is -0.343 e. The second kappa shape index (κ2) is 6.89. The molecule has 0 saturated carbocycles. The quantitative estimate of drug-likeness (QED) is 0.761. The van der Waals surface area contributed by atoms with Crippen LogP contribution in [0, 0.1) is 0 Å². The van der Waals surface area contributed by atoms with Crippen molar-refractivity contribution in [2.75, 3.05) is 13.1 Å². The van der Waals surface area contributed by atoms with Gasteiger partial charge in [-0.1, -0.05) is 36.4 Å². The van der Waals surface area contributed by atoms with Crippen molar-refractivity contribution in [3.63, 3.8) is 0 Å². The molecule has 2 heteroatoms. The van der Waals surface area contributed by atoms with E-state index in [-0.39, 0.29) is 5.91 Å². The lowest BCUT2D eigenvalue weighted by molar-refractivity contribution is -0.129. The second-order valence-corrected chi connectivity index (χ2v) is 4.02. The summed E-state index contributed by atoms with van der Waals surface area (Å²) in [6.07, 6.45) is 2.50. The molecule has 1 rings (SSSR count). The normalized spacial score (nSPS) is 11.4. The fourth-order valence-electron chi connectivity index (χ4n) is 1.76. The summed E-state index contributed by atoms with van der Waals surface area (Å²) in [5, 5.41) is 0. The first-order valence-electron chi connectivity index (χ1n) is 6.19. The standard InChI is InChI=1S/C15H21NO/c1-4-16(5-2)15(17)12-11-13(3)14-9-7-6-8-10-14/h6-11H,4-5,12H2,1-3H3/b13-11-. The molecule has 17 heavy (non-hydrogen) atoms. The van der Waals surface area contributed by atoms with Gasteiger partial charge in [-0.25, -0.2) is 0 Å². The molecule has 0 atom stereocenters. The second-order valence-electron chi connectivity index (χ2n) is 4.02. The number of nitrogens with zero attached hydrogens (tertiary/aromatic N) is 1. The molecule has 0 aliphatic heterocycles. The number of carbonyl (C=O) groups excluding carboxylic acids is 1. The van der Waals surface area contributed by atoms with Gasteiger partial charge in [0.25, 0.3) is 0 Å². The van der Waals surface area contributed by atoms with Crippen LogP contribution in [0.1, 0.15) is 32.8 Å². The number of carbonyl (C=O) groups is 1. The molecule has 1 amide bonds. The molecule has 0 N–H and O–H groups in total. The molecule has 92 valence electrons. The van der Waals surface area contributed by atoms with Crippen LogP contribution in [-0.4, -0.2) is 23.9 Å². The van der Waals surface area contributed by atoms with Crippen molar-refractivity contribution in [1.29, 1.82) is 0 Å². The van der Waals surface area contributed by atoms with Gasteiger partial charge < -0.3 is 4.90 Å². The third kappa shape index (κ3) is 4.06. The molecule has 1 aromatic rings. The maximum absolute atomic E-state index is 11.8. The van der Waals surface area contributed by atoms with Gasteiger partial charge in [0.2, 0.25) is 5.91 Å². The minimum absolute atomic E-state index is 0.199. The predicted octanol–water partition coefficient (Wildman–Crippen LogP) is 3.35. The topological polar surface area (TPSA) is 20.3 Å². The molecule has 0 aromatic heterocycles. The largest absolute Gasteiger partial charge is 0.343 e. The Labute approximate surface area is 104 Å². The molecule has 0 radical (unpaired) electrons. The van der Waals surface area contributed by atoms with Crippen molar-refractivity contribution < 1.29 is 4.79 Å². The summed E-state index contributed by atoms with van der Waals surface area (Å²) in [4.78, 5) is 13.7. The zero-order valence-corrected chi connectivity index (χ0v) is 10.9. The van der Waals surface area contributed by atoms with Crippen LogP contribution in [-0.2, 0) is 4.79 Å². The van der Waals surface area contributed by atoms with Gasteiger partial charge in [-0.15, -0.1) is 0 Å². The fourth-order valence-corrected chi connectivity index (χ4v) is 1.76. The van der Waals surface area contributed by atoms with Gasteiger partial charge in [-0.3, -0.25) is 4.79 Å². The van der Waals surface area contributed by atoms with E-state index in [1.165, 1.54) is 5.56 Å². The van der Waals surface area contributed by atoms with E-state index in [1.54, 1.807) is 0 Å². The molecule has 2 nitrogen and oxygen atoms in total. The lowest BCUT2D eigenvalue weighted by Gasteiger charge is -2.17. The molecule has 0 aliphatic rings. The van der Waals surface area contributed by atoms with Crippen LogP contribution in [0.25, 0.3) is 5.57 Å². The SMILES string of the molecule is CCN(CC)C(=O)C/C=C(/C)c1ccccc1. The zero-order chi connectivity index (χ0) is 12.7. The Balaban J connectivity index is 2.62. The summed E-state index contributed by atoms with van der Waals surface area (Å²) in [7, 11) is 0. The van der Waals surface area contributed by atoms with Gasteiger partial charge in [0.15, 0.2) is 0 Å². The van der Waals surface area contributed by atoms with Crippen LogP contribution >= 0.6 is 0 Å². The van der Waals surface area contributed by atoms with Crippen molar-refractivity contribution in [2.45, 2.75) is 27.2 Å². The Hall–Kier alpha value is -1.57. The number of hydrogen-bond acceptors (Lipinski definition) is 1. The molecule has 1 aromatic carbocycles. The summed E-state index contributed by atoms with van der Waals surface area (Å²) in [5.41, 5.74) is 2.34. The molecule has 0 saturated heterocycles. The van der Waals surface area contributed by atoms with Crippen LogP contribution in [0.3, 0.4) is 0 Å². The smallest absolute Gasteiger partial charge is 0.226 e. The molecule has 0 heterocycles. The molecule has 0 fully saturated rings. The van der Waals surface area contributed by atoms with Crippen LogP contribution < -0.4 is 0 Å². The molecule has 0 bridgehead atoms. The number of hydrogen-bond donors (Lipinski definition) is 0. The number of benzene rings is 1. The van der Waals surface area contributed by atoms with Gasteiger partial charge >= 0.3 is 0 Å². The van der Waals surface area contributed by atoms with E-state index < -0.39 is 0 Å². The molecule has 0 unspecified atom stereocenters. The zero-order valence-electron chi connectivity index (χ0n) is 10.9. The van der Waals surface area contributed by atoms with E-state index in [2.05, 4.69) is 12.1 Å². The average Bonchev–Trinajstić information content (AvgIpc) is 2.38. The van der Waals surface area contributed by atoms with Crippen molar-refractivity contribution in [3.05, 3.63) is 42.0 Å². The van der Waals surface area contributed by atoms with E-state index in [1.807, 2.05) is 49.9 Å². The van der Waals surface area contributed by atoms with Crippen molar-refractivity contribution in [2.24, 2.45) is 0 Å².